The molecule has 0 atom stereocenters. The van der Waals surface area contributed by atoms with Crippen LogP contribution in [0.15, 0.2) is 30.5 Å². The Hall–Kier alpha value is -2.34. The number of carbonyl (C=O) groups excluding carboxylic acids is 1. The summed E-state index contributed by atoms with van der Waals surface area (Å²) in [4.78, 5) is 14.8. The molecule has 0 saturated carbocycles. The van der Waals surface area contributed by atoms with Gasteiger partial charge in [-0.2, -0.15) is 5.10 Å². The van der Waals surface area contributed by atoms with Crippen LogP contribution < -0.4 is 10.1 Å². The topological polar surface area (TPSA) is 59.4 Å². The molecule has 0 aliphatic carbocycles. The number of hydrogen-bond donors (Lipinski definition) is 1. The molecule has 1 fully saturated rings. The molecule has 0 unspecified atom stereocenters. The molecule has 0 bridgehead atoms. The summed E-state index contributed by atoms with van der Waals surface area (Å²) in [6, 6.07) is 7.47. The van der Waals surface area contributed by atoms with Crippen LogP contribution in [-0.4, -0.2) is 39.4 Å². The third-order valence-electron chi connectivity index (χ3n) is 5.48. The van der Waals surface area contributed by atoms with Gasteiger partial charge in [0.25, 0.3) is 5.91 Å². The van der Waals surface area contributed by atoms with E-state index in [4.69, 9.17) is 4.74 Å². The number of carbonyl (C=O) groups is 1. The maximum Gasteiger partial charge on any atom is 0.258 e. The number of ether oxygens (including phenoxy) is 1. The van der Waals surface area contributed by atoms with E-state index in [1.54, 1.807) is 0 Å². The van der Waals surface area contributed by atoms with E-state index in [0.717, 1.165) is 45.4 Å². The maximum absolute atomic E-state index is 12.4. The highest BCUT2D eigenvalue weighted by Crippen LogP contribution is 2.33. The molecule has 2 aromatic rings. The van der Waals surface area contributed by atoms with E-state index < -0.39 is 5.72 Å². The van der Waals surface area contributed by atoms with E-state index in [2.05, 4.69) is 33.8 Å². The van der Waals surface area contributed by atoms with Crippen molar-refractivity contribution in [2.45, 2.75) is 51.9 Å². The smallest absolute Gasteiger partial charge is 0.258 e. The van der Waals surface area contributed by atoms with Crippen molar-refractivity contribution in [2.75, 3.05) is 13.1 Å². The number of aromatic nitrogens is 2. The van der Waals surface area contributed by atoms with Gasteiger partial charge in [-0.3, -0.25) is 14.4 Å². The second-order valence-electron chi connectivity index (χ2n) is 7.30. The zero-order valence-corrected chi connectivity index (χ0v) is 15.5. The van der Waals surface area contributed by atoms with Gasteiger partial charge in [0.2, 0.25) is 0 Å². The molecular weight excluding hydrogens is 328 g/mol. The molecule has 1 amide bonds. The van der Waals surface area contributed by atoms with Crippen LogP contribution in [0.2, 0.25) is 0 Å². The molecule has 3 heterocycles. The fourth-order valence-electron chi connectivity index (χ4n) is 3.87. The lowest BCUT2D eigenvalue weighted by atomic mass is 9.96. The van der Waals surface area contributed by atoms with Crippen LogP contribution >= 0.6 is 0 Å². The Kier molecular flexibility index (Phi) is 4.44. The predicted molar refractivity (Wildman–Crippen MR) is 99.0 cm³/mol. The summed E-state index contributed by atoms with van der Waals surface area (Å²) in [7, 11) is 0. The highest BCUT2D eigenvalue weighted by molar-refractivity contribution is 5.98. The number of aryl methyl sites for hydroxylation is 1. The summed E-state index contributed by atoms with van der Waals surface area (Å²) >= 11 is 0. The number of rotatable bonds is 4. The molecule has 26 heavy (non-hydrogen) atoms. The molecule has 1 saturated heterocycles. The molecule has 6 nitrogen and oxygen atoms in total. The van der Waals surface area contributed by atoms with Crippen LogP contribution in [0.1, 0.15) is 47.8 Å². The van der Waals surface area contributed by atoms with E-state index >= 15 is 0 Å². The van der Waals surface area contributed by atoms with Gasteiger partial charge in [-0.05, 0) is 25.5 Å². The van der Waals surface area contributed by atoms with Gasteiger partial charge in [0, 0.05) is 50.3 Å². The fraction of sp³-hybridized carbons (Fsp3) is 0.500. The molecule has 1 aromatic heterocycles. The maximum atomic E-state index is 12.4. The van der Waals surface area contributed by atoms with Crippen molar-refractivity contribution >= 4 is 5.91 Å². The van der Waals surface area contributed by atoms with Crippen molar-refractivity contribution < 1.29 is 9.53 Å². The summed E-state index contributed by atoms with van der Waals surface area (Å²) in [6.07, 6.45) is 4.65. The first-order valence-corrected chi connectivity index (χ1v) is 9.44. The number of nitrogens with one attached hydrogen (secondary N) is 1. The Morgan fingerprint density at radius 2 is 2.04 bits per heavy atom. The normalized spacial score (nSPS) is 19.1. The van der Waals surface area contributed by atoms with E-state index in [0.29, 0.717) is 11.3 Å². The molecule has 0 radical (unpaired) electrons. The monoisotopic (exact) mass is 354 g/mol. The van der Waals surface area contributed by atoms with Crippen LogP contribution in [0.5, 0.6) is 5.75 Å². The van der Waals surface area contributed by atoms with Gasteiger partial charge in [-0.15, -0.1) is 0 Å². The van der Waals surface area contributed by atoms with Gasteiger partial charge >= 0.3 is 0 Å². The van der Waals surface area contributed by atoms with E-state index in [-0.39, 0.29) is 5.91 Å². The number of nitrogens with zero attached hydrogens (tertiary/aromatic N) is 3. The average molecular weight is 354 g/mol. The summed E-state index contributed by atoms with van der Waals surface area (Å²) in [5, 5.41) is 7.60. The Morgan fingerprint density at radius 3 is 2.81 bits per heavy atom. The molecule has 1 aromatic carbocycles. The zero-order valence-electron chi connectivity index (χ0n) is 15.5. The number of hydrogen-bond acceptors (Lipinski definition) is 4. The van der Waals surface area contributed by atoms with Gasteiger partial charge in [0.05, 0.1) is 11.8 Å². The van der Waals surface area contributed by atoms with Crippen molar-refractivity contribution in [1.29, 1.82) is 0 Å². The van der Waals surface area contributed by atoms with E-state index in [9.17, 15) is 4.79 Å². The van der Waals surface area contributed by atoms with Gasteiger partial charge < -0.3 is 10.1 Å². The summed E-state index contributed by atoms with van der Waals surface area (Å²) in [6.45, 7) is 7.96. The largest absolute Gasteiger partial charge is 0.467 e. The molecule has 4 rings (SSSR count). The number of para-hydroxylation sites is 1. The highest BCUT2D eigenvalue weighted by atomic mass is 16.5. The highest BCUT2D eigenvalue weighted by Gasteiger charge is 2.42. The van der Waals surface area contributed by atoms with Crippen LogP contribution in [0.25, 0.3) is 0 Å². The van der Waals surface area contributed by atoms with Crippen LogP contribution in [-0.2, 0) is 13.1 Å². The average Bonchev–Trinajstić information content (AvgIpc) is 2.98. The van der Waals surface area contributed by atoms with Gasteiger partial charge in [-0.1, -0.05) is 19.1 Å². The van der Waals surface area contributed by atoms with E-state index in [1.807, 2.05) is 30.5 Å². The van der Waals surface area contributed by atoms with Crippen LogP contribution in [0.3, 0.4) is 0 Å². The molecular formula is C20H26N4O2. The molecule has 2 aliphatic rings. The third-order valence-corrected chi connectivity index (χ3v) is 5.48. The van der Waals surface area contributed by atoms with Gasteiger partial charge in [0.1, 0.15) is 5.75 Å². The zero-order chi connectivity index (χ0) is 18.1. The second-order valence-corrected chi connectivity index (χ2v) is 7.30. The first-order valence-electron chi connectivity index (χ1n) is 9.44. The fourth-order valence-corrected chi connectivity index (χ4v) is 3.87. The minimum absolute atomic E-state index is 0.0306. The molecule has 6 heteroatoms. The first-order chi connectivity index (χ1) is 12.6. The Bertz CT molecular complexity index is 806. The Balaban J connectivity index is 1.41. The van der Waals surface area contributed by atoms with Crippen LogP contribution in [0.4, 0.5) is 0 Å². The van der Waals surface area contributed by atoms with Crippen molar-refractivity contribution in [3.05, 3.63) is 47.3 Å². The number of likely N-dealkylation sites (tertiary alicyclic amines) is 1. The molecule has 138 valence electrons. The Morgan fingerprint density at radius 1 is 1.27 bits per heavy atom. The number of benzene rings is 1. The van der Waals surface area contributed by atoms with Crippen molar-refractivity contribution in [3.63, 3.8) is 0 Å². The number of amides is 1. The quantitative estimate of drug-likeness (QED) is 0.917. The van der Waals surface area contributed by atoms with Gasteiger partial charge in [0.15, 0.2) is 5.72 Å². The summed E-state index contributed by atoms with van der Waals surface area (Å²) in [5.74, 6) is 0.665. The third kappa shape index (κ3) is 3.09. The SMILES string of the molecule is CCCn1ncc(CN2CCC3(CC2)NC(=O)c2ccccc2O3)c1C. The standard InChI is InChI=1S/C20H26N4O2/c1-3-10-24-15(2)16(13-21-24)14-23-11-8-20(9-12-23)22-19(25)17-6-4-5-7-18(17)26-20/h4-7,13H,3,8-12,14H2,1-2H3,(H,22,25). The van der Waals surface area contributed by atoms with Gasteiger partial charge in [-0.25, -0.2) is 0 Å². The number of fused-ring (bicyclic) bond motifs is 1. The lowest BCUT2D eigenvalue weighted by Crippen LogP contribution is -2.60. The first kappa shape index (κ1) is 17.1. The summed E-state index contributed by atoms with van der Waals surface area (Å²) < 4.78 is 8.30. The Labute approximate surface area is 154 Å². The van der Waals surface area contributed by atoms with Crippen molar-refractivity contribution in [1.82, 2.24) is 20.0 Å². The lowest BCUT2D eigenvalue weighted by molar-refractivity contribution is -0.0304. The summed E-state index contributed by atoms with van der Waals surface area (Å²) in [5.41, 5.74) is 2.60. The number of piperidine rings is 1. The molecule has 2 aliphatic heterocycles. The van der Waals surface area contributed by atoms with E-state index in [1.165, 1.54) is 11.3 Å². The minimum atomic E-state index is -0.566. The van der Waals surface area contributed by atoms with Crippen molar-refractivity contribution in [2.24, 2.45) is 0 Å². The molecule has 1 spiro atoms. The predicted octanol–water partition coefficient (Wildman–Crippen LogP) is 2.72. The minimum Gasteiger partial charge on any atom is -0.467 e. The molecule has 1 N–H and O–H groups in total. The van der Waals surface area contributed by atoms with Crippen molar-refractivity contribution in [3.8, 4) is 5.75 Å². The lowest BCUT2D eigenvalue weighted by Gasteiger charge is -2.44. The van der Waals surface area contributed by atoms with Crippen LogP contribution in [0, 0.1) is 6.92 Å². The second kappa shape index (κ2) is 6.76.